The van der Waals surface area contributed by atoms with Crippen molar-refractivity contribution in [1.82, 2.24) is 15.5 Å². The second-order valence-corrected chi connectivity index (χ2v) is 8.74. The van der Waals surface area contributed by atoms with E-state index in [0.717, 1.165) is 32.8 Å². The van der Waals surface area contributed by atoms with Crippen LogP contribution in [0.25, 0.3) is 0 Å². The third kappa shape index (κ3) is 8.82. The molecular weight excluding hydrogens is 443 g/mol. The Morgan fingerprint density at radius 2 is 1.83 bits per heavy atom. The van der Waals surface area contributed by atoms with Crippen LogP contribution < -0.4 is 10.6 Å². The highest BCUT2D eigenvalue weighted by molar-refractivity contribution is 14.0. The number of nitrogens with one attached hydrogen (secondary N) is 2. The number of guanidine groups is 1. The summed E-state index contributed by atoms with van der Waals surface area (Å²) in [5.74, 6) is 0.966. The smallest absolute Gasteiger partial charge is 0.191 e. The van der Waals surface area contributed by atoms with Crippen molar-refractivity contribution in [1.29, 1.82) is 0 Å². The molecule has 0 aliphatic carbocycles. The normalized spacial score (nSPS) is 17.2. The first-order valence-corrected chi connectivity index (χ1v) is 10.2. The Balaban J connectivity index is 0.00000529. The Kier molecular flexibility index (Phi) is 11.4. The van der Waals surface area contributed by atoms with Crippen molar-refractivity contribution in [2.75, 3.05) is 57.4 Å². The van der Waals surface area contributed by atoms with Crippen LogP contribution in [0, 0.1) is 0 Å². The van der Waals surface area contributed by atoms with Crippen molar-refractivity contribution in [3.8, 4) is 0 Å². The molecule has 1 aliphatic heterocycles. The molecule has 0 atom stereocenters. The van der Waals surface area contributed by atoms with E-state index in [0.29, 0.717) is 19.0 Å². The fourth-order valence-corrected chi connectivity index (χ4v) is 3.05. The van der Waals surface area contributed by atoms with E-state index in [4.69, 9.17) is 4.74 Å². The third-order valence-electron chi connectivity index (χ3n) is 3.98. The largest absolute Gasteiger partial charge is 0.379 e. The Labute approximate surface area is 163 Å². The van der Waals surface area contributed by atoms with Gasteiger partial charge in [-0.2, -0.15) is 0 Å². The van der Waals surface area contributed by atoms with E-state index in [-0.39, 0.29) is 41.0 Å². The fraction of sp³-hybridized carbons (Fsp3) is 0.933. The fourth-order valence-electron chi connectivity index (χ4n) is 2.35. The number of hydrogen-bond acceptors (Lipinski definition) is 5. The quantitative estimate of drug-likeness (QED) is 0.305. The molecule has 24 heavy (non-hydrogen) atoms. The molecule has 9 heteroatoms. The Hall–Kier alpha value is -0.130. The molecule has 0 aromatic rings. The predicted octanol–water partition coefficient (Wildman–Crippen LogP) is 0.705. The van der Waals surface area contributed by atoms with Crippen LogP contribution >= 0.6 is 24.0 Å². The van der Waals surface area contributed by atoms with Crippen LogP contribution in [-0.2, 0) is 14.6 Å². The van der Waals surface area contributed by atoms with E-state index in [1.165, 1.54) is 0 Å². The Morgan fingerprint density at radius 3 is 2.38 bits per heavy atom. The van der Waals surface area contributed by atoms with Crippen molar-refractivity contribution < 1.29 is 13.2 Å². The van der Waals surface area contributed by atoms with Crippen LogP contribution in [0.4, 0.5) is 0 Å². The van der Waals surface area contributed by atoms with E-state index in [2.05, 4.69) is 34.4 Å². The lowest BCUT2D eigenvalue weighted by Crippen LogP contribution is -2.52. The lowest BCUT2D eigenvalue weighted by atomic mass is 10.0. The molecule has 1 aliphatic rings. The number of rotatable bonds is 8. The standard InChI is InChI=1S/C15H32N4O3S.HI/c1-5-16-14(17-7-12-23(20,21)6-2)18-13-15(3,4)19-8-10-22-11-9-19;/h5-13H2,1-4H3,(H2,16,17,18);1H. The van der Waals surface area contributed by atoms with E-state index in [9.17, 15) is 8.42 Å². The second kappa shape index (κ2) is 11.5. The number of sulfone groups is 1. The molecule has 144 valence electrons. The second-order valence-electron chi connectivity index (χ2n) is 6.27. The van der Waals surface area contributed by atoms with Gasteiger partial charge in [0, 0.05) is 37.5 Å². The molecule has 0 amide bonds. The molecule has 7 nitrogen and oxygen atoms in total. The highest BCUT2D eigenvalue weighted by Gasteiger charge is 2.28. The monoisotopic (exact) mass is 476 g/mol. The van der Waals surface area contributed by atoms with Gasteiger partial charge in [0.25, 0.3) is 0 Å². The maximum absolute atomic E-state index is 11.5. The molecule has 0 aromatic carbocycles. The van der Waals surface area contributed by atoms with Crippen LogP contribution in [0.15, 0.2) is 4.99 Å². The summed E-state index contributed by atoms with van der Waals surface area (Å²) in [6.45, 7) is 13.1. The van der Waals surface area contributed by atoms with Gasteiger partial charge in [-0.05, 0) is 20.8 Å². The molecule has 0 bridgehead atoms. The minimum absolute atomic E-state index is 0. The summed E-state index contributed by atoms with van der Waals surface area (Å²) < 4.78 is 28.5. The van der Waals surface area contributed by atoms with Crippen molar-refractivity contribution in [2.24, 2.45) is 4.99 Å². The Morgan fingerprint density at radius 1 is 1.21 bits per heavy atom. The average molecular weight is 476 g/mol. The highest BCUT2D eigenvalue weighted by atomic mass is 127. The number of hydrogen-bond donors (Lipinski definition) is 2. The van der Waals surface area contributed by atoms with Gasteiger partial charge in [-0.25, -0.2) is 8.42 Å². The van der Waals surface area contributed by atoms with Crippen LogP contribution in [-0.4, -0.2) is 82.3 Å². The zero-order valence-electron chi connectivity index (χ0n) is 15.3. The van der Waals surface area contributed by atoms with Crippen molar-refractivity contribution in [2.45, 2.75) is 33.2 Å². The average Bonchev–Trinajstić information content (AvgIpc) is 2.53. The molecule has 1 fully saturated rings. The minimum atomic E-state index is -2.96. The van der Waals surface area contributed by atoms with Crippen molar-refractivity contribution in [3.05, 3.63) is 0 Å². The number of aliphatic imine (C=N–C) groups is 1. The molecule has 0 unspecified atom stereocenters. The van der Waals surface area contributed by atoms with Gasteiger partial charge in [0.15, 0.2) is 15.8 Å². The summed E-state index contributed by atoms with van der Waals surface area (Å²) >= 11 is 0. The van der Waals surface area contributed by atoms with Crippen molar-refractivity contribution in [3.63, 3.8) is 0 Å². The van der Waals surface area contributed by atoms with Crippen LogP contribution in [0.2, 0.25) is 0 Å². The minimum Gasteiger partial charge on any atom is -0.379 e. The maximum Gasteiger partial charge on any atom is 0.191 e. The van der Waals surface area contributed by atoms with Crippen LogP contribution in [0.1, 0.15) is 27.7 Å². The molecule has 2 N–H and O–H groups in total. The molecule has 0 aromatic heterocycles. The number of nitrogens with zero attached hydrogens (tertiary/aromatic N) is 2. The third-order valence-corrected chi connectivity index (χ3v) is 5.69. The molecule has 1 rings (SSSR count). The number of ether oxygens (including phenoxy) is 1. The first-order valence-electron chi connectivity index (χ1n) is 8.36. The van der Waals surface area contributed by atoms with Gasteiger partial charge < -0.3 is 15.4 Å². The van der Waals surface area contributed by atoms with E-state index in [1.54, 1.807) is 6.92 Å². The zero-order chi connectivity index (χ0) is 17.3. The molecule has 1 saturated heterocycles. The predicted molar refractivity (Wildman–Crippen MR) is 110 cm³/mol. The lowest BCUT2D eigenvalue weighted by molar-refractivity contribution is -0.00683. The molecule has 0 saturated carbocycles. The molecule has 0 spiro atoms. The summed E-state index contributed by atoms with van der Waals surface area (Å²) in [7, 11) is -2.96. The highest BCUT2D eigenvalue weighted by Crippen LogP contribution is 2.16. The Bertz CT molecular complexity index is 477. The van der Waals surface area contributed by atoms with Crippen LogP contribution in [0.5, 0.6) is 0 Å². The topological polar surface area (TPSA) is 83.0 Å². The SMILES string of the molecule is CCNC(=NCC(C)(C)N1CCOCC1)NCCS(=O)(=O)CC.I. The molecule has 1 heterocycles. The summed E-state index contributed by atoms with van der Waals surface area (Å²) in [6.07, 6.45) is 0. The first-order chi connectivity index (χ1) is 10.8. The van der Waals surface area contributed by atoms with Gasteiger partial charge in [-0.1, -0.05) is 6.92 Å². The summed E-state index contributed by atoms with van der Waals surface area (Å²) in [6, 6.07) is 0. The van der Waals surface area contributed by atoms with Gasteiger partial charge in [0.1, 0.15) is 0 Å². The first kappa shape index (κ1) is 23.9. The number of morpholine rings is 1. The van der Waals surface area contributed by atoms with Gasteiger partial charge >= 0.3 is 0 Å². The summed E-state index contributed by atoms with van der Waals surface area (Å²) in [5.41, 5.74) is -0.0539. The van der Waals surface area contributed by atoms with Crippen molar-refractivity contribution >= 4 is 39.8 Å². The van der Waals surface area contributed by atoms with Gasteiger partial charge in [-0.3, -0.25) is 9.89 Å². The summed E-state index contributed by atoms with van der Waals surface area (Å²) in [5, 5.41) is 6.27. The van der Waals surface area contributed by atoms with E-state index >= 15 is 0 Å². The van der Waals surface area contributed by atoms with E-state index < -0.39 is 9.84 Å². The van der Waals surface area contributed by atoms with Gasteiger partial charge in [0.2, 0.25) is 0 Å². The molecule has 0 radical (unpaired) electrons. The van der Waals surface area contributed by atoms with E-state index in [1.807, 2.05) is 6.92 Å². The van der Waals surface area contributed by atoms with Crippen LogP contribution in [0.3, 0.4) is 0 Å². The van der Waals surface area contributed by atoms with Gasteiger partial charge in [-0.15, -0.1) is 24.0 Å². The molecular formula is C15H33IN4O3S. The number of halogens is 1. The zero-order valence-corrected chi connectivity index (χ0v) is 18.4. The summed E-state index contributed by atoms with van der Waals surface area (Å²) in [4.78, 5) is 7.00. The lowest BCUT2D eigenvalue weighted by Gasteiger charge is -2.39. The maximum atomic E-state index is 11.5. The van der Waals surface area contributed by atoms with Gasteiger partial charge in [0.05, 0.1) is 25.5 Å².